The second-order valence-corrected chi connectivity index (χ2v) is 8.44. The van der Waals surface area contributed by atoms with E-state index in [1.165, 1.54) is 11.8 Å². The average Bonchev–Trinajstić information content (AvgIpc) is 3.43. The van der Waals surface area contributed by atoms with Crippen molar-refractivity contribution in [2.75, 3.05) is 0 Å². The molecule has 33 heavy (non-hydrogen) atoms. The number of amidine groups is 1. The fourth-order valence-electron chi connectivity index (χ4n) is 3.67. The maximum absolute atomic E-state index is 10.2. The van der Waals surface area contributed by atoms with E-state index in [-0.39, 0.29) is 5.25 Å². The minimum absolute atomic E-state index is 0.192. The predicted octanol–water partition coefficient (Wildman–Crippen LogP) is 5.05. The molecule has 2 heterocycles. The molecule has 0 saturated heterocycles. The predicted molar refractivity (Wildman–Crippen MR) is 132 cm³/mol. The average molecular weight is 449 g/mol. The summed E-state index contributed by atoms with van der Waals surface area (Å²) in [6.07, 6.45) is 0. The SMILES string of the molecule is N#Cc1c(-c2ccccc2)cc(-c2ccccc2)nc1SC(C1=NNNN1)c1ccccc1. The fourth-order valence-corrected chi connectivity index (χ4v) is 4.83. The van der Waals surface area contributed by atoms with Crippen molar-refractivity contribution >= 4 is 17.6 Å². The van der Waals surface area contributed by atoms with Crippen molar-refractivity contribution in [3.8, 4) is 28.5 Å². The molecule has 0 saturated carbocycles. The lowest BCUT2D eigenvalue weighted by Gasteiger charge is -2.19. The van der Waals surface area contributed by atoms with Crippen LogP contribution in [0.4, 0.5) is 0 Å². The minimum Gasteiger partial charge on any atom is -0.287 e. The molecule has 3 aromatic carbocycles. The van der Waals surface area contributed by atoms with Gasteiger partial charge in [-0.15, -0.1) is 10.6 Å². The summed E-state index contributed by atoms with van der Waals surface area (Å²) in [4.78, 5) is 4.95. The van der Waals surface area contributed by atoms with Crippen LogP contribution in [0.2, 0.25) is 0 Å². The molecular formula is C26H20N6S. The number of nitrogens with zero attached hydrogens (tertiary/aromatic N) is 3. The first-order valence-electron chi connectivity index (χ1n) is 10.4. The van der Waals surface area contributed by atoms with Crippen LogP contribution in [0, 0.1) is 11.3 Å². The van der Waals surface area contributed by atoms with Crippen LogP contribution in [0.1, 0.15) is 16.4 Å². The molecule has 7 heteroatoms. The van der Waals surface area contributed by atoms with Crippen LogP contribution < -0.4 is 16.5 Å². The zero-order valence-corrected chi connectivity index (χ0v) is 18.4. The molecule has 0 amide bonds. The number of nitrogens with one attached hydrogen (secondary N) is 3. The topological polar surface area (TPSA) is 85.1 Å². The number of benzene rings is 3. The van der Waals surface area contributed by atoms with Gasteiger partial charge in [-0.05, 0) is 17.2 Å². The van der Waals surface area contributed by atoms with Gasteiger partial charge in [-0.25, -0.2) is 10.5 Å². The summed E-state index contributed by atoms with van der Waals surface area (Å²) in [5.74, 6) is 0.711. The van der Waals surface area contributed by atoms with Crippen molar-refractivity contribution in [2.24, 2.45) is 5.10 Å². The van der Waals surface area contributed by atoms with E-state index >= 15 is 0 Å². The van der Waals surface area contributed by atoms with Gasteiger partial charge in [0.25, 0.3) is 0 Å². The number of rotatable bonds is 6. The molecule has 0 radical (unpaired) electrons. The largest absolute Gasteiger partial charge is 0.287 e. The van der Waals surface area contributed by atoms with E-state index in [1.807, 2.05) is 97.1 Å². The normalized spacial score (nSPS) is 13.4. The molecule has 4 aromatic rings. The Kier molecular flexibility index (Phi) is 6.02. The van der Waals surface area contributed by atoms with Gasteiger partial charge in [0, 0.05) is 11.1 Å². The fraction of sp³-hybridized carbons (Fsp3) is 0.0385. The second-order valence-electron chi connectivity index (χ2n) is 7.35. The number of thioether (sulfide) groups is 1. The molecule has 0 fully saturated rings. The molecule has 1 unspecified atom stereocenters. The Labute approximate surface area is 196 Å². The number of hydrogen-bond acceptors (Lipinski definition) is 7. The first kappa shape index (κ1) is 20.8. The Morgan fingerprint density at radius 1 is 0.818 bits per heavy atom. The minimum atomic E-state index is -0.192. The van der Waals surface area contributed by atoms with Gasteiger partial charge in [-0.1, -0.05) is 103 Å². The Bertz CT molecular complexity index is 1320. The van der Waals surface area contributed by atoms with Gasteiger partial charge >= 0.3 is 0 Å². The highest BCUT2D eigenvalue weighted by molar-refractivity contribution is 8.00. The Morgan fingerprint density at radius 3 is 2.06 bits per heavy atom. The first-order chi connectivity index (χ1) is 16.3. The van der Waals surface area contributed by atoms with Gasteiger partial charge in [0.1, 0.15) is 11.1 Å². The maximum Gasteiger partial charge on any atom is 0.157 e. The lowest BCUT2D eigenvalue weighted by Crippen LogP contribution is -2.36. The number of hydrogen-bond donors (Lipinski definition) is 3. The maximum atomic E-state index is 10.2. The van der Waals surface area contributed by atoms with Crippen LogP contribution in [-0.4, -0.2) is 10.8 Å². The molecule has 5 rings (SSSR count). The summed E-state index contributed by atoms with van der Waals surface area (Å²) in [6, 6.07) is 34.5. The smallest absolute Gasteiger partial charge is 0.157 e. The monoisotopic (exact) mass is 448 g/mol. The second kappa shape index (κ2) is 9.57. The van der Waals surface area contributed by atoms with Gasteiger partial charge in [0.05, 0.1) is 16.5 Å². The van der Waals surface area contributed by atoms with E-state index in [4.69, 9.17) is 4.98 Å². The van der Waals surface area contributed by atoms with E-state index in [9.17, 15) is 5.26 Å². The number of pyridine rings is 1. The standard InChI is InChI=1S/C26H20N6S/c27-17-22-21(18-10-4-1-5-11-18)16-23(19-12-6-2-7-13-19)28-26(22)33-24(25-29-31-32-30-25)20-14-8-3-9-15-20/h1-16,24,31-32H,(H,29,30). The molecule has 1 aliphatic heterocycles. The highest BCUT2D eigenvalue weighted by Gasteiger charge is 2.26. The van der Waals surface area contributed by atoms with Crippen LogP contribution in [0.15, 0.2) is 107 Å². The molecule has 1 aliphatic rings. The Morgan fingerprint density at radius 2 is 1.45 bits per heavy atom. The summed E-state index contributed by atoms with van der Waals surface area (Å²) in [6.45, 7) is 0. The Balaban J connectivity index is 1.67. The van der Waals surface area contributed by atoms with Crippen molar-refractivity contribution in [2.45, 2.75) is 10.3 Å². The van der Waals surface area contributed by atoms with Gasteiger partial charge in [-0.3, -0.25) is 5.43 Å². The van der Waals surface area contributed by atoms with Crippen molar-refractivity contribution in [3.05, 3.63) is 108 Å². The number of hydrazine groups is 2. The summed E-state index contributed by atoms with van der Waals surface area (Å²) in [5, 5.41) is 15.0. The lowest BCUT2D eigenvalue weighted by molar-refractivity contribution is 0.576. The van der Waals surface area contributed by atoms with Gasteiger partial charge in [0.2, 0.25) is 0 Å². The molecule has 1 atom stereocenters. The molecule has 160 valence electrons. The third kappa shape index (κ3) is 4.44. The van der Waals surface area contributed by atoms with Crippen LogP contribution in [0.25, 0.3) is 22.4 Å². The first-order valence-corrected chi connectivity index (χ1v) is 11.3. The zero-order valence-electron chi connectivity index (χ0n) is 17.6. The summed E-state index contributed by atoms with van der Waals surface area (Å²) in [5.41, 5.74) is 13.9. The van der Waals surface area contributed by atoms with Crippen LogP contribution in [-0.2, 0) is 0 Å². The summed E-state index contributed by atoms with van der Waals surface area (Å²) in [7, 11) is 0. The molecule has 1 aromatic heterocycles. The van der Waals surface area contributed by atoms with E-state index < -0.39 is 0 Å². The lowest BCUT2D eigenvalue weighted by atomic mass is 9.99. The molecule has 0 bridgehead atoms. The molecule has 0 spiro atoms. The number of aromatic nitrogens is 1. The van der Waals surface area contributed by atoms with E-state index in [2.05, 4.69) is 27.7 Å². The van der Waals surface area contributed by atoms with Crippen LogP contribution in [0.3, 0.4) is 0 Å². The van der Waals surface area contributed by atoms with Crippen molar-refractivity contribution < 1.29 is 0 Å². The molecular weight excluding hydrogens is 428 g/mol. The van der Waals surface area contributed by atoms with Crippen molar-refractivity contribution in [3.63, 3.8) is 0 Å². The molecule has 0 aliphatic carbocycles. The third-order valence-electron chi connectivity index (χ3n) is 5.26. The van der Waals surface area contributed by atoms with Crippen molar-refractivity contribution in [1.82, 2.24) is 21.5 Å². The third-order valence-corrected chi connectivity index (χ3v) is 6.51. The van der Waals surface area contributed by atoms with Gasteiger partial charge in [0.15, 0.2) is 5.84 Å². The number of nitriles is 1. The number of hydrazone groups is 1. The van der Waals surface area contributed by atoms with Crippen LogP contribution >= 0.6 is 11.8 Å². The van der Waals surface area contributed by atoms with Crippen molar-refractivity contribution in [1.29, 1.82) is 5.26 Å². The van der Waals surface area contributed by atoms with E-state index in [1.54, 1.807) is 0 Å². The highest BCUT2D eigenvalue weighted by atomic mass is 32.2. The van der Waals surface area contributed by atoms with Crippen LogP contribution in [0.5, 0.6) is 0 Å². The van der Waals surface area contributed by atoms with Gasteiger partial charge in [-0.2, -0.15) is 5.26 Å². The summed E-state index contributed by atoms with van der Waals surface area (Å²) < 4.78 is 0. The zero-order chi connectivity index (χ0) is 22.5. The molecule has 6 nitrogen and oxygen atoms in total. The Hall–Kier alpha value is -4.12. The van der Waals surface area contributed by atoms with E-state index in [0.717, 1.165) is 27.9 Å². The summed E-state index contributed by atoms with van der Waals surface area (Å²) >= 11 is 1.50. The molecule has 3 N–H and O–H groups in total. The van der Waals surface area contributed by atoms with E-state index in [0.29, 0.717) is 16.4 Å². The quantitative estimate of drug-likeness (QED) is 0.358. The van der Waals surface area contributed by atoms with Gasteiger partial charge < -0.3 is 0 Å². The highest BCUT2D eigenvalue weighted by Crippen LogP contribution is 2.41.